The molecule has 2 unspecified atom stereocenters. The molecule has 9 nitrogen and oxygen atoms in total. The monoisotopic (exact) mass is 485 g/mol. The molecule has 0 bridgehead atoms. The Hall–Kier alpha value is -3.40. The molecule has 3 rings (SSSR count). The lowest BCUT2D eigenvalue weighted by Gasteiger charge is -2.21. The highest BCUT2D eigenvalue weighted by molar-refractivity contribution is 7.98. The fraction of sp³-hybridized carbons (Fsp3) is 0.375. The zero-order chi connectivity index (χ0) is 24.8. The molecule has 2 aromatic carbocycles. The van der Waals surface area contributed by atoms with Crippen molar-refractivity contribution in [3.05, 3.63) is 64.2 Å². The van der Waals surface area contributed by atoms with Crippen LogP contribution in [0.5, 0.6) is 0 Å². The predicted molar refractivity (Wildman–Crippen MR) is 129 cm³/mol. The summed E-state index contributed by atoms with van der Waals surface area (Å²) in [6.07, 6.45) is 1.33. The van der Waals surface area contributed by atoms with E-state index >= 15 is 0 Å². The molecule has 2 amide bonds. The molecular formula is C24H27N3O6S. The number of rotatable bonds is 9. The lowest BCUT2D eigenvalue weighted by atomic mass is 9.99. The van der Waals surface area contributed by atoms with Gasteiger partial charge in [-0.25, -0.2) is 0 Å². The molecule has 0 spiro atoms. The third-order valence-corrected chi connectivity index (χ3v) is 6.19. The maximum atomic E-state index is 13.1. The zero-order valence-corrected chi connectivity index (χ0v) is 20.0. The molecule has 0 radical (unpaired) electrons. The molecule has 0 aliphatic carbocycles. The lowest BCUT2D eigenvalue weighted by molar-refractivity contribution is -0.385. The fourth-order valence-electron chi connectivity index (χ4n) is 3.85. The predicted octanol–water partition coefficient (Wildman–Crippen LogP) is 3.87. The van der Waals surface area contributed by atoms with Crippen molar-refractivity contribution in [2.24, 2.45) is 5.92 Å². The van der Waals surface area contributed by atoms with Crippen molar-refractivity contribution in [2.75, 3.05) is 17.7 Å². The molecule has 1 aliphatic rings. The highest BCUT2D eigenvalue weighted by atomic mass is 32.2. The van der Waals surface area contributed by atoms with E-state index in [1.54, 1.807) is 36.6 Å². The lowest BCUT2D eigenvalue weighted by Crippen LogP contribution is -2.37. The summed E-state index contributed by atoms with van der Waals surface area (Å²) in [4.78, 5) is 51.7. The van der Waals surface area contributed by atoms with Gasteiger partial charge in [0.2, 0.25) is 11.8 Å². The number of carbonyl (C=O) groups excluding carboxylic acids is 3. The number of nitrogens with one attached hydrogen (secondary N) is 1. The van der Waals surface area contributed by atoms with Crippen LogP contribution < -0.4 is 10.2 Å². The summed E-state index contributed by atoms with van der Waals surface area (Å²) in [5, 5.41) is 14.3. The normalized spacial score (nSPS) is 16.4. The number of thioether (sulfide) groups is 1. The Bertz CT molecular complexity index is 1070. The van der Waals surface area contributed by atoms with Crippen LogP contribution in [0.3, 0.4) is 0 Å². The molecule has 1 heterocycles. The molecule has 34 heavy (non-hydrogen) atoms. The zero-order valence-electron chi connectivity index (χ0n) is 19.2. The van der Waals surface area contributed by atoms with Crippen LogP contribution >= 0.6 is 11.8 Å². The highest BCUT2D eigenvalue weighted by Crippen LogP contribution is 2.30. The number of nitro benzene ring substituents is 1. The van der Waals surface area contributed by atoms with Crippen molar-refractivity contribution in [3.63, 3.8) is 0 Å². The van der Waals surface area contributed by atoms with Gasteiger partial charge in [-0.2, -0.15) is 0 Å². The maximum Gasteiger partial charge on any atom is 0.308 e. The minimum Gasteiger partial charge on any atom is -0.463 e. The summed E-state index contributed by atoms with van der Waals surface area (Å²) in [6, 6.07) is 12.5. The van der Waals surface area contributed by atoms with Crippen LogP contribution in [0.25, 0.3) is 0 Å². The summed E-state index contributed by atoms with van der Waals surface area (Å²) in [7, 11) is 0. The number of hydrogen-bond acceptors (Lipinski definition) is 7. The van der Waals surface area contributed by atoms with E-state index in [2.05, 4.69) is 5.32 Å². The Labute approximate surface area is 202 Å². The summed E-state index contributed by atoms with van der Waals surface area (Å²) in [5.74, 6) is -1.87. The van der Waals surface area contributed by atoms with Gasteiger partial charge in [0.1, 0.15) is 0 Å². The van der Waals surface area contributed by atoms with Gasteiger partial charge in [-0.05, 0) is 44.4 Å². The van der Waals surface area contributed by atoms with Gasteiger partial charge in [0.15, 0.2) is 0 Å². The number of esters is 1. The number of nitrogens with zero attached hydrogens (tertiary/aromatic N) is 2. The Morgan fingerprint density at radius 2 is 1.88 bits per heavy atom. The van der Waals surface area contributed by atoms with Crippen LogP contribution in [0, 0.1) is 16.0 Å². The Balaban J connectivity index is 1.79. The van der Waals surface area contributed by atoms with E-state index in [4.69, 9.17) is 4.74 Å². The first-order valence-corrected chi connectivity index (χ1v) is 12.1. The summed E-state index contributed by atoms with van der Waals surface area (Å²) in [6.45, 7) is 3.57. The van der Waals surface area contributed by atoms with E-state index in [9.17, 15) is 24.5 Å². The molecule has 1 aliphatic heterocycles. The molecular weight excluding hydrogens is 458 g/mol. The summed E-state index contributed by atoms with van der Waals surface area (Å²) in [5.41, 5.74) is 0.701. The van der Waals surface area contributed by atoms with Crippen LogP contribution in [0.4, 0.5) is 11.4 Å². The van der Waals surface area contributed by atoms with Gasteiger partial charge in [0.05, 0.1) is 35.0 Å². The van der Waals surface area contributed by atoms with Crippen molar-refractivity contribution in [3.8, 4) is 0 Å². The number of para-hydroxylation sites is 1. The minimum atomic E-state index is -0.967. The fourth-order valence-corrected chi connectivity index (χ4v) is 4.26. The second kappa shape index (κ2) is 11.1. The second-order valence-electron chi connectivity index (χ2n) is 8.22. The number of anilines is 1. The standard InChI is InChI=1S/C24H27N3O6S/c1-15(2)33-23(29)13-20(19-6-4-5-7-21(19)27(31)32)25-24(30)16-12-22(28)26(14-16)17-8-10-18(34-3)11-9-17/h4-11,15-16,20H,12-14H2,1-3H3,(H,25,30). The van der Waals surface area contributed by atoms with E-state index in [1.165, 1.54) is 18.2 Å². The van der Waals surface area contributed by atoms with Gasteiger partial charge >= 0.3 is 5.97 Å². The topological polar surface area (TPSA) is 119 Å². The largest absolute Gasteiger partial charge is 0.463 e. The number of nitro groups is 1. The smallest absolute Gasteiger partial charge is 0.308 e. The quantitative estimate of drug-likeness (QED) is 0.248. The molecule has 2 aromatic rings. The van der Waals surface area contributed by atoms with E-state index in [0.29, 0.717) is 5.69 Å². The van der Waals surface area contributed by atoms with Crippen molar-refractivity contribution >= 4 is 40.9 Å². The number of carbonyl (C=O) groups is 3. The maximum absolute atomic E-state index is 13.1. The Morgan fingerprint density at radius 3 is 2.50 bits per heavy atom. The first kappa shape index (κ1) is 25.2. The molecule has 1 N–H and O–H groups in total. The number of ether oxygens (including phenoxy) is 1. The molecule has 2 atom stereocenters. The van der Waals surface area contributed by atoms with E-state index in [-0.39, 0.29) is 42.6 Å². The third kappa shape index (κ3) is 6.13. The average molecular weight is 486 g/mol. The van der Waals surface area contributed by atoms with Gasteiger partial charge in [0, 0.05) is 29.6 Å². The average Bonchev–Trinajstić information content (AvgIpc) is 3.19. The second-order valence-corrected chi connectivity index (χ2v) is 9.10. The molecule has 0 saturated carbocycles. The van der Waals surface area contributed by atoms with E-state index in [0.717, 1.165) is 4.90 Å². The molecule has 10 heteroatoms. The Kier molecular flexibility index (Phi) is 8.27. The minimum absolute atomic E-state index is 0.0101. The summed E-state index contributed by atoms with van der Waals surface area (Å²) < 4.78 is 5.20. The van der Waals surface area contributed by atoms with Crippen LogP contribution in [0.15, 0.2) is 53.4 Å². The Morgan fingerprint density at radius 1 is 1.21 bits per heavy atom. The van der Waals surface area contributed by atoms with Crippen LogP contribution in [0.1, 0.15) is 38.3 Å². The van der Waals surface area contributed by atoms with Crippen LogP contribution in [-0.2, 0) is 19.1 Å². The highest BCUT2D eigenvalue weighted by Gasteiger charge is 2.37. The van der Waals surface area contributed by atoms with Gasteiger partial charge < -0.3 is 15.0 Å². The van der Waals surface area contributed by atoms with Gasteiger partial charge in [-0.15, -0.1) is 11.8 Å². The van der Waals surface area contributed by atoms with Crippen LogP contribution in [-0.4, -0.2) is 41.6 Å². The number of hydrogen-bond donors (Lipinski definition) is 1. The first-order chi connectivity index (χ1) is 16.2. The van der Waals surface area contributed by atoms with Crippen LogP contribution in [0.2, 0.25) is 0 Å². The molecule has 180 valence electrons. The van der Waals surface area contributed by atoms with Crippen molar-refractivity contribution in [1.29, 1.82) is 0 Å². The molecule has 1 saturated heterocycles. The van der Waals surface area contributed by atoms with Crippen molar-refractivity contribution in [1.82, 2.24) is 5.32 Å². The SMILES string of the molecule is CSc1ccc(N2CC(C(=O)NC(CC(=O)OC(C)C)c3ccccc3[N+](=O)[O-])CC2=O)cc1. The van der Waals surface area contributed by atoms with Crippen molar-refractivity contribution < 1.29 is 24.0 Å². The van der Waals surface area contributed by atoms with Gasteiger partial charge in [-0.1, -0.05) is 18.2 Å². The van der Waals surface area contributed by atoms with Gasteiger partial charge in [-0.3, -0.25) is 24.5 Å². The number of benzene rings is 2. The number of amides is 2. The first-order valence-electron chi connectivity index (χ1n) is 10.9. The molecule has 1 fully saturated rings. The molecule has 0 aromatic heterocycles. The van der Waals surface area contributed by atoms with E-state index < -0.39 is 28.8 Å². The summed E-state index contributed by atoms with van der Waals surface area (Å²) >= 11 is 1.59. The third-order valence-electron chi connectivity index (χ3n) is 5.44. The van der Waals surface area contributed by atoms with Crippen molar-refractivity contribution in [2.45, 2.75) is 43.7 Å². The van der Waals surface area contributed by atoms with E-state index in [1.807, 2.05) is 30.5 Å². The van der Waals surface area contributed by atoms with Gasteiger partial charge in [0.25, 0.3) is 5.69 Å².